The average molecular weight is 484 g/mol. The maximum atomic E-state index is 13.3. The van der Waals surface area contributed by atoms with Crippen LogP contribution in [-0.2, 0) is 13.1 Å². The second kappa shape index (κ2) is 9.17. The topological polar surface area (TPSA) is 100 Å². The second-order valence-electron chi connectivity index (χ2n) is 9.81. The van der Waals surface area contributed by atoms with E-state index < -0.39 is 5.60 Å². The first-order chi connectivity index (χ1) is 17.2. The van der Waals surface area contributed by atoms with Crippen LogP contribution in [0.3, 0.4) is 0 Å². The lowest BCUT2D eigenvalue weighted by atomic mass is 10.1. The molecule has 5 rings (SSSR count). The molecule has 0 fully saturated rings. The third-order valence-corrected chi connectivity index (χ3v) is 6.10. The van der Waals surface area contributed by atoms with Gasteiger partial charge in [-0.05, 0) is 43.9 Å². The van der Waals surface area contributed by atoms with Gasteiger partial charge >= 0.3 is 0 Å². The van der Waals surface area contributed by atoms with Crippen molar-refractivity contribution in [1.82, 2.24) is 24.6 Å². The lowest BCUT2D eigenvalue weighted by Crippen LogP contribution is -2.38. The van der Waals surface area contributed by atoms with Crippen LogP contribution in [0.4, 0.5) is 0 Å². The van der Waals surface area contributed by atoms with Gasteiger partial charge in [0.15, 0.2) is 17.3 Å². The number of carbonyl (C=O) groups is 1. The Bertz CT molecular complexity index is 1460. The quantitative estimate of drug-likeness (QED) is 0.418. The van der Waals surface area contributed by atoms with Gasteiger partial charge in [0.05, 0.1) is 17.9 Å². The van der Waals surface area contributed by atoms with Crippen LogP contribution in [0.25, 0.3) is 22.8 Å². The van der Waals surface area contributed by atoms with Crippen molar-refractivity contribution >= 4 is 5.91 Å². The van der Waals surface area contributed by atoms with Gasteiger partial charge in [-0.1, -0.05) is 50.1 Å². The third-order valence-electron chi connectivity index (χ3n) is 6.10. The van der Waals surface area contributed by atoms with Crippen LogP contribution < -0.4 is 0 Å². The minimum absolute atomic E-state index is 0.207. The van der Waals surface area contributed by atoms with Crippen molar-refractivity contribution in [2.75, 3.05) is 6.54 Å². The first-order valence-corrected chi connectivity index (χ1v) is 12.0. The molecular weight excluding hydrogens is 454 g/mol. The van der Waals surface area contributed by atoms with Crippen LogP contribution in [0.5, 0.6) is 0 Å². The lowest BCUT2D eigenvalue weighted by Gasteiger charge is -2.28. The molecule has 8 heteroatoms. The maximum absolute atomic E-state index is 13.3. The largest absolute Gasteiger partial charge is 0.443 e. The molecule has 4 heterocycles. The van der Waals surface area contributed by atoms with Crippen LogP contribution >= 0.6 is 0 Å². The first kappa shape index (κ1) is 23.6. The number of hydrogen-bond donors (Lipinski definition) is 2. The van der Waals surface area contributed by atoms with E-state index in [0.717, 1.165) is 34.2 Å². The van der Waals surface area contributed by atoms with Gasteiger partial charge in [0.2, 0.25) is 0 Å². The SMILES string of the molecule is CC(C)c1cc(-c2nc(-c3ccccc3)c3n2CCN(C(=O)c2ccc(C#CC(C)(C)O)o2)C3)n[nH]1. The van der Waals surface area contributed by atoms with E-state index in [4.69, 9.17) is 9.40 Å². The summed E-state index contributed by atoms with van der Waals surface area (Å²) in [5.74, 6) is 6.96. The number of furan rings is 1. The molecule has 0 bridgehead atoms. The average Bonchev–Trinajstić information content (AvgIpc) is 3.60. The number of nitrogens with one attached hydrogen (secondary N) is 1. The molecule has 0 atom stereocenters. The van der Waals surface area contributed by atoms with Crippen LogP contribution in [-0.4, -0.2) is 47.8 Å². The summed E-state index contributed by atoms with van der Waals surface area (Å²) in [7, 11) is 0. The number of amides is 1. The molecular formula is C28H29N5O3. The highest BCUT2D eigenvalue weighted by Crippen LogP contribution is 2.33. The Morgan fingerprint density at radius 3 is 2.64 bits per heavy atom. The summed E-state index contributed by atoms with van der Waals surface area (Å²) in [6, 6.07) is 15.3. The van der Waals surface area contributed by atoms with E-state index in [1.165, 1.54) is 0 Å². The highest BCUT2D eigenvalue weighted by Gasteiger charge is 2.30. The Morgan fingerprint density at radius 1 is 1.17 bits per heavy atom. The molecule has 0 spiro atoms. The molecule has 2 N–H and O–H groups in total. The van der Waals surface area contributed by atoms with Gasteiger partial charge in [0.1, 0.15) is 11.3 Å². The molecule has 0 aliphatic carbocycles. The normalized spacial score (nSPS) is 13.4. The zero-order valence-electron chi connectivity index (χ0n) is 20.9. The summed E-state index contributed by atoms with van der Waals surface area (Å²) in [4.78, 5) is 20.1. The second-order valence-corrected chi connectivity index (χ2v) is 9.81. The predicted molar refractivity (Wildman–Crippen MR) is 136 cm³/mol. The number of fused-ring (bicyclic) bond motifs is 1. The van der Waals surface area contributed by atoms with Crippen LogP contribution in [0, 0.1) is 11.8 Å². The molecule has 0 unspecified atom stereocenters. The number of H-pyrrole nitrogens is 1. The van der Waals surface area contributed by atoms with Crippen molar-refractivity contribution in [3.05, 3.63) is 71.4 Å². The number of benzene rings is 1. The Balaban J connectivity index is 1.48. The Hall–Kier alpha value is -4.09. The van der Waals surface area contributed by atoms with E-state index in [-0.39, 0.29) is 11.7 Å². The summed E-state index contributed by atoms with van der Waals surface area (Å²) in [5, 5.41) is 17.5. The number of nitrogens with zero attached hydrogens (tertiary/aromatic N) is 4. The van der Waals surface area contributed by atoms with Crippen molar-refractivity contribution in [3.63, 3.8) is 0 Å². The maximum Gasteiger partial charge on any atom is 0.290 e. The van der Waals surface area contributed by atoms with Gasteiger partial charge in [0.25, 0.3) is 5.91 Å². The molecule has 0 saturated heterocycles. The number of carbonyl (C=O) groups excluding carboxylic acids is 1. The Kier molecular flexibility index (Phi) is 6.02. The van der Waals surface area contributed by atoms with Crippen molar-refractivity contribution in [2.24, 2.45) is 0 Å². The minimum atomic E-state index is -1.14. The summed E-state index contributed by atoms with van der Waals surface area (Å²) in [6.45, 7) is 8.92. The fourth-order valence-electron chi connectivity index (χ4n) is 4.20. The minimum Gasteiger partial charge on any atom is -0.443 e. The van der Waals surface area contributed by atoms with Crippen LogP contribution in [0.1, 0.15) is 61.3 Å². The van der Waals surface area contributed by atoms with Gasteiger partial charge in [-0.3, -0.25) is 9.89 Å². The fourth-order valence-corrected chi connectivity index (χ4v) is 4.20. The van der Waals surface area contributed by atoms with E-state index in [1.807, 2.05) is 36.4 Å². The summed E-state index contributed by atoms with van der Waals surface area (Å²) < 4.78 is 7.85. The van der Waals surface area contributed by atoms with Crippen molar-refractivity contribution < 1.29 is 14.3 Å². The summed E-state index contributed by atoms with van der Waals surface area (Å²) in [5.41, 5.74) is 3.49. The molecule has 184 valence electrons. The zero-order chi connectivity index (χ0) is 25.4. The standard InChI is InChI=1S/C28H29N5O3/c1-18(2)21-16-22(31-30-21)26-29-25(19-8-6-5-7-9-19)23-17-32(14-15-33(23)26)27(34)24-11-10-20(36-24)12-13-28(3,4)35/h5-11,16,18,35H,14-15,17H2,1-4H3,(H,30,31). The number of rotatable bonds is 4. The van der Waals surface area contributed by atoms with E-state index in [1.54, 1.807) is 30.9 Å². The zero-order valence-corrected chi connectivity index (χ0v) is 20.9. The van der Waals surface area contributed by atoms with Gasteiger partial charge in [-0.25, -0.2) is 4.98 Å². The highest BCUT2D eigenvalue weighted by molar-refractivity contribution is 5.92. The van der Waals surface area contributed by atoms with E-state index in [0.29, 0.717) is 31.3 Å². The molecule has 3 aromatic heterocycles. The van der Waals surface area contributed by atoms with E-state index in [9.17, 15) is 9.90 Å². The molecule has 36 heavy (non-hydrogen) atoms. The van der Waals surface area contributed by atoms with Crippen LogP contribution in [0.15, 0.2) is 52.9 Å². The predicted octanol–water partition coefficient (Wildman–Crippen LogP) is 4.44. The molecule has 8 nitrogen and oxygen atoms in total. The first-order valence-electron chi connectivity index (χ1n) is 12.0. The molecule has 0 radical (unpaired) electrons. The number of aromatic amines is 1. The fraction of sp³-hybridized carbons (Fsp3) is 0.321. The molecule has 4 aromatic rings. The molecule has 1 amide bonds. The smallest absolute Gasteiger partial charge is 0.290 e. The van der Waals surface area contributed by atoms with Gasteiger partial charge in [-0.2, -0.15) is 5.10 Å². The Labute approximate surface area is 210 Å². The molecule has 1 aromatic carbocycles. The van der Waals surface area contributed by atoms with Gasteiger partial charge < -0.3 is 19.0 Å². The highest BCUT2D eigenvalue weighted by atomic mass is 16.4. The number of aromatic nitrogens is 4. The van der Waals surface area contributed by atoms with Crippen LogP contribution in [0.2, 0.25) is 0 Å². The van der Waals surface area contributed by atoms with Crippen molar-refractivity contribution in [1.29, 1.82) is 0 Å². The van der Waals surface area contributed by atoms with Crippen molar-refractivity contribution in [3.8, 4) is 34.6 Å². The molecule has 1 aliphatic rings. The lowest BCUT2D eigenvalue weighted by molar-refractivity contribution is 0.0679. The summed E-state index contributed by atoms with van der Waals surface area (Å²) >= 11 is 0. The number of imidazole rings is 1. The van der Waals surface area contributed by atoms with Crippen molar-refractivity contribution in [2.45, 2.75) is 52.3 Å². The van der Waals surface area contributed by atoms with Gasteiger partial charge in [-0.15, -0.1) is 0 Å². The third kappa shape index (κ3) is 4.70. The number of aliphatic hydroxyl groups is 1. The summed E-state index contributed by atoms with van der Waals surface area (Å²) in [6.07, 6.45) is 0. The monoisotopic (exact) mass is 483 g/mol. The van der Waals surface area contributed by atoms with Gasteiger partial charge in [0, 0.05) is 24.3 Å². The van der Waals surface area contributed by atoms with E-state index >= 15 is 0 Å². The molecule has 1 aliphatic heterocycles. The Morgan fingerprint density at radius 2 is 1.94 bits per heavy atom. The number of hydrogen-bond acceptors (Lipinski definition) is 5. The van der Waals surface area contributed by atoms with E-state index in [2.05, 4.69) is 40.5 Å². The molecule has 0 saturated carbocycles.